The average molecular weight is 459 g/mol. The van der Waals surface area contributed by atoms with Crippen LogP contribution in [0.4, 0.5) is 10.2 Å². The molecule has 0 fully saturated rings. The first-order chi connectivity index (χ1) is 15.2. The number of pyridine rings is 1. The molecule has 2 aromatic carbocycles. The van der Waals surface area contributed by atoms with E-state index in [0.29, 0.717) is 34.6 Å². The summed E-state index contributed by atoms with van der Waals surface area (Å²) in [6.07, 6.45) is 1.39. The summed E-state index contributed by atoms with van der Waals surface area (Å²) in [4.78, 5) is 12.5. The number of rotatable bonds is 9. The number of nitrogen functional groups attached to an aromatic ring is 1. The van der Waals surface area contributed by atoms with E-state index >= 15 is 0 Å². The highest BCUT2D eigenvalue weighted by atomic mass is 32.2. The van der Waals surface area contributed by atoms with Crippen LogP contribution in [0.2, 0.25) is 0 Å². The minimum absolute atomic E-state index is 0.0353. The fraction of sp³-hybridized carbons (Fsp3) is 0.174. The van der Waals surface area contributed by atoms with E-state index in [4.69, 9.17) is 10.5 Å². The van der Waals surface area contributed by atoms with Crippen LogP contribution in [0.3, 0.4) is 0 Å². The van der Waals surface area contributed by atoms with E-state index in [-0.39, 0.29) is 30.4 Å². The number of aromatic nitrogens is 1. The van der Waals surface area contributed by atoms with Crippen LogP contribution in [0.15, 0.2) is 72.0 Å². The second kappa shape index (κ2) is 9.80. The summed E-state index contributed by atoms with van der Waals surface area (Å²) in [6.45, 7) is 4.35. The number of halogens is 1. The van der Waals surface area contributed by atoms with E-state index in [0.717, 1.165) is 6.26 Å². The van der Waals surface area contributed by atoms with Gasteiger partial charge in [-0.15, -0.1) is 0 Å². The summed E-state index contributed by atoms with van der Waals surface area (Å²) in [5, 5.41) is 0. The van der Waals surface area contributed by atoms with Gasteiger partial charge in [-0.1, -0.05) is 18.7 Å². The molecule has 0 saturated heterocycles. The van der Waals surface area contributed by atoms with Crippen LogP contribution in [-0.2, 0) is 14.3 Å². The Labute approximate surface area is 185 Å². The topological polar surface area (TPSA) is 101 Å². The first kappa shape index (κ1) is 23.2. The van der Waals surface area contributed by atoms with Crippen LogP contribution in [0.1, 0.15) is 17.5 Å². The minimum atomic E-state index is -3.47. The molecule has 0 bridgehead atoms. The lowest BCUT2D eigenvalue weighted by Gasteiger charge is -2.16. The zero-order valence-corrected chi connectivity index (χ0v) is 18.3. The van der Waals surface area contributed by atoms with Gasteiger partial charge in [0, 0.05) is 18.1 Å². The van der Waals surface area contributed by atoms with Gasteiger partial charge in [0.1, 0.15) is 17.4 Å². The minimum Gasteiger partial charge on any atom is -0.494 e. The summed E-state index contributed by atoms with van der Waals surface area (Å²) in [6, 6.07) is 15.6. The quantitative estimate of drug-likeness (QED) is 0.390. The van der Waals surface area contributed by atoms with Crippen LogP contribution in [-0.4, -0.2) is 32.5 Å². The third kappa shape index (κ3) is 5.83. The largest absolute Gasteiger partial charge is 0.494 e. The van der Waals surface area contributed by atoms with E-state index in [9.17, 15) is 17.6 Å². The summed E-state index contributed by atoms with van der Waals surface area (Å²) in [7, 11) is -3.47. The molecule has 32 heavy (non-hydrogen) atoms. The second-order valence-electron chi connectivity index (χ2n) is 7.01. The summed E-state index contributed by atoms with van der Waals surface area (Å²) in [5.74, 6) is 0.398. The summed E-state index contributed by atoms with van der Waals surface area (Å²) < 4.78 is 46.7. The highest BCUT2D eigenvalue weighted by Crippen LogP contribution is 2.27. The van der Waals surface area contributed by atoms with E-state index < -0.39 is 10.1 Å². The Morgan fingerprint density at radius 2 is 1.69 bits per heavy atom. The van der Waals surface area contributed by atoms with E-state index in [1.807, 2.05) is 0 Å². The van der Waals surface area contributed by atoms with Gasteiger partial charge >= 0.3 is 0 Å². The fourth-order valence-corrected chi connectivity index (χ4v) is 3.45. The molecule has 1 aromatic heterocycles. The number of ether oxygens (including phenoxy) is 1. The van der Waals surface area contributed by atoms with Gasteiger partial charge in [0.15, 0.2) is 0 Å². The highest BCUT2D eigenvalue weighted by Gasteiger charge is 2.13. The molecule has 168 valence electrons. The predicted octanol–water partition coefficient (Wildman–Crippen LogP) is 3.37. The molecule has 0 aliphatic carbocycles. The monoisotopic (exact) mass is 458 g/mol. The standard InChI is InChI=1S/C23H23FN2O5S/c1-16(17-4-6-18(24)7-5-17)21-12-13-22(27)26(23(21)25)19-8-10-20(11-9-19)30-14-3-15-31-32(2,28)29/h4-13H,1,3,14-15,25H2,2H3. The lowest BCUT2D eigenvalue weighted by molar-refractivity contribution is 0.252. The third-order valence-corrected chi connectivity index (χ3v) is 5.19. The van der Waals surface area contributed by atoms with Gasteiger partial charge in [-0.25, -0.2) is 4.39 Å². The number of hydrogen-bond donors (Lipinski definition) is 1. The summed E-state index contributed by atoms with van der Waals surface area (Å²) in [5.41, 5.74) is 8.33. The van der Waals surface area contributed by atoms with Gasteiger partial charge in [0.25, 0.3) is 15.7 Å². The van der Waals surface area contributed by atoms with Crippen molar-refractivity contribution < 1.29 is 21.7 Å². The maximum absolute atomic E-state index is 13.2. The van der Waals surface area contributed by atoms with Crippen molar-refractivity contribution in [1.29, 1.82) is 0 Å². The van der Waals surface area contributed by atoms with Gasteiger partial charge in [0.2, 0.25) is 0 Å². The van der Waals surface area contributed by atoms with Crippen molar-refractivity contribution in [2.24, 2.45) is 0 Å². The lowest BCUT2D eigenvalue weighted by atomic mass is 10.00. The number of nitrogens with two attached hydrogens (primary N) is 1. The first-order valence-electron chi connectivity index (χ1n) is 9.70. The van der Waals surface area contributed by atoms with Crippen LogP contribution in [0, 0.1) is 5.82 Å². The van der Waals surface area contributed by atoms with Gasteiger partial charge in [0.05, 0.1) is 25.2 Å². The number of hydrogen-bond acceptors (Lipinski definition) is 6. The van der Waals surface area contributed by atoms with Crippen molar-refractivity contribution >= 4 is 21.5 Å². The fourth-order valence-electron chi connectivity index (χ4n) is 3.03. The molecular formula is C23H23FN2O5S. The number of nitrogens with zero attached hydrogens (tertiary/aromatic N) is 1. The van der Waals surface area contributed by atoms with E-state index in [1.165, 1.54) is 22.8 Å². The molecule has 1 heterocycles. The molecule has 0 aliphatic heterocycles. The second-order valence-corrected chi connectivity index (χ2v) is 8.66. The van der Waals surface area contributed by atoms with Gasteiger partial charge in [-0.2, -0.15) is 8.42 Å². The molecule has 0 amide bonds. The Bertz CT molecular complexity index is 1270. The molecule has 0 spiro atoms. The molecular weight excluding hydrogens is 435 g/mol. The van der Waals surface area contributed by atoms with E-state index in [1.54, 1.807) is 42.5 Å². The molecule has 0 atom stereocenters. The zero-order chi connectivity index (χ0) is 23.3. The Kier molecular flexibility index (Phi) is 7.12. The Morgan fingerprint density at radius 1 is 1.03 bits per heavy atom. The molecule has 2 N–H and O–H groups in total. The molecule has 7 nitrogen and oxygen atoms in total. The predicted molar refractivity (Wildman–Crippen MR) is 122 cm³/mol. The molecule has 0 aliphatic rings. The normalized spacial score (nSPS) is 11.3. The van der Waals surface area contributed by atoms with Crippen LogP contribution in [0.25, 0.3) is 11.3 Å². The van der Waals surface area contributed by atoms with Crippen LogP contribution >= 0.6 is 0 Å². The smallest absolute Gasteiger partial charge is 0.264 e. The van der Waals surface area contributed by atoms with Crippen molar-refractivity contribution in [1.82, 2.24) is 4.57 Å². The Hall–Kier alpha value is -3.43. The van der Waals surface area contributed by atoms with Crippen molar-refractivity contribution in [3.8, 4) is 11.4 Å². The van der Waals surface area contributed by atoms with Crippen molar-refractivity contribution in [2.75, 3.05) is 25.2 Å². The zero-order valence-electron chi connectivity index (χ0n) is 17.5. The molecule has 3 aromatic rings. The van der Waals surface area contributed by atoms with Crippen molar-refractivity contribution in [3.63, 3.8) is 0 Å². The summed E-state index contributed by atoms with van der Waals surface area (Å²) >= 11 is 0. The highest BCUT2D eigenvalue weighted by molar-refractivity contribution is 7.85. The average Bonchev–Trinajstić information content (AvgIpc) is 2.74. The van der Waals surface area contributed by atoms with Crippen LogP contribution < -0.4 is 16.0 Å². The maximum atomic E-state index is 13.2. The number of benzene rings is 2. The van der Waals surface area contributed by atoms with Gasteiger partial charge in [-0.05, 0) is 53.6 Å². The molecule has 0 radical (unpaired) electrons. The van der Waals surface area contributed by atoms with E-state index in [2.05, 4.69) is 10.8 Å². The molecule has 9 heteroatoms. The van der Waals surface area contributed by atoms with Crippen molar-refractivity contribution in [2.45, 2.75) is 6.42 Å². The van der Waals surface area contributed by atoms with Gasteiger partial charge in [-0.3, -0.25) is 13.5 Å². The molecule has 0 saturated carbocycles. The first-order valence-corrected chi connectivity index (χ1v) is 11.5. The number of anilines is 1. The molecule has 3 rings (SSSR count). The lowest BCUT2D eigenvalue weighted by Crippen LogP contribution is -2.21. The third-order valence-electron chi connectivity index (χ3n) is 4.60. The Morgan fingerprint density at radius 3 is 2.31 bits per heavy atom. The van der Waals surface area contributed by atoms with Crippen LogP contribution in [0.5, 0.6) is 5.75 Å². The van der Waals surface area contributed by atoms with Crippen molar-refractivity contribution in [3.05, 3.63) is 94.5 Å². The SMILES string of the molecule is C=C(c1ccc(F)cc1)c1ccc(=O)n(-c2ccc(OCCCOS(C)(=O)=O)cc2)c1N. The van der Waals surface area contributed by atoms with Gasteiger partial charge < -0.3 is 10.5 Å². The maximum Gasteiger partial charge on any atom is 0.264 e. The Balaban J connectivity index is 1.76. The molecule has 0 unspecified atom stereocenters.